The zero-order valence-electron chi connectivity index (χ0n) is 7.22. The first-order valence-electron chi connectivity index (χ1n) is 4.46. The third-order valence-electron chi connectivity index (χ3n) is 2.73. The Morgan fingerprint density at radius 1 is 1.42 bits per heavy atom. The van der Waals surface area contributed by atoms with E-state index in [1.54, 1.807) is 0 Å². The Kier molecular flexibility index (Phi) is 3.85. The van der Waals surface area contributed by atoms with E-state index in [2.05, 4.69) is 0 Å². The summed E-state index contributed by atoms with van der Waals surface area (Å²) < 4.78 is 0. The molecule has 0 aromatic rings. The molecular weight excluding hydrogens is 195 g/mol. The topological polar surface area (TPSA) is 17.1 Å². The molecule has 1 nitrogen and oxygen atoms in total. The Hall–Kier alpha value is 0.250. The maximum atomic E-state index is 10.9. The molecule has 3 unspecified atom stereocenters. The summed E-state index contributed by atoms with van der Waals surface area (Å²) in [6.07, 6.45) is 4.45. The van der Waals surface area contributed by atoms with Crippen molar-refractivity contribution >= 4 is 28.4 Å². The molecule has 0 spiro atoms. The van der Waals surface area contributed by atoms with Crippen LogP contribution in [0.5, 0.6) is 0 Å². The summed E-state index contributed by atoms with van der Waals surface area (Å²) >= 11 is 11.5. The fraction of sp³-hybridized carbons (Fsp3) is 0.889. The van der Waals surface area contributed by atoms with Crippen molar-refractivity contribution < 1.29 is 4.79 Å². The summed E-state index contributed by atoms with van der Waals surface area (Å²) in [5.74, 6) is 0.222. The monoisotopic (exact) mass is 208 g/mol. The highest BCUT2D eigenvalue weighted by Crippen LogP contribution is 2.34. The molecule has 70 valence electrons. The van der Waals surface area contributed by atoms with Crippen molar-refractivity contribution in [2.75, 3.05) is 0 Å². The van der Waals surface area contributed by atoms with Crippen LogP contribution in [0.15, 0.2) is 0 Å². The van der Waals surface area contributed by atoms with Crippen LogP contribution >= 0.6 is 23.2 Å². The first kappa shape index (κ1) is 10.3. The molecule has 1 aliphatic rings. The van der Waals surface area contributed by atoms with E-state index in [0.29, 0.717) is 5.92 Å². The lowest BCUT2D eigenvalue weighted by Crippen LogP contribution is -2.28. The third kappa shape index (κ3) is 2.37. The lowest BCUT2D eigenvalue weighted by atomic mass is 9.81. The first-order valence-corrected chi connectivity index (χ1v) is 5.27. The van der Waals surface area contributed by atoms with Crippen LogP contribution in [0, 0.1) is 11.8 Å². The molecule has 0 aliphatic heterocycles. The summed E-state index contributed by atoms with van der Waals surface area (Å²) in [5, 5.41) is -0.0935. The number of alkyl halides is 1. The number of hydrogen-bond acceptors (Lipinski definition) is 1. The Morgan fingerprint density at radius 2 is 2.00 bits per heavy atom. The molecule has 0 heterocycles. The minimum Gasteiger partial charge on any atom is -0.281 e. The zero-order valence-corrected chi connectivity index (χ0v) is 8.74. The van der Waals surface area contributed by atoms with Gasteiger partial charge in [0.25, 0.3) is 0 Å². The van der Waals surface area contributed by atoms with Crippen LogP contribution in [0.3, 0.4) is 0 Å². The van der Waals surface area contributed by atoms with Gasteiger partial charge in [0.1, 0.15) is 0 Å². The van der Waals surface area contributed by atoms with E-state index < -0.39 is 0 Å². The molecule has 0 amide bonds. The average molecular weight is 209 g/mol. The van der Waals surface area contributed by atoms with Crippen LogP contribution in [0.2, 0.25) is 0 Å². The van der Waals surface area contributed by atoms with Crippen molar-refractivity contribution in [1.82, 2.24) is 0 Å². The molecular formula is C9H14Cl2O. The quantitative estimate of drug-likeness (QED) is 0.504. The molecule has 0 N–H and O–H groups in total. The minimum absolute atomic E-state index is 0.0746. The SMILES string of the molecule is CC(C(=O)Cl)C1CCCCC1Cl. The van der Waals surface area contributed by atoms with E-state index in [0.717, 1.165) is 12.8 Å². The molecule has 1 rings (SSSR count). The van der Waals surface area contributed by atoms with Gasteiger partial charge in [0, 0.05) is 11.3 Å². The minimum atomic E-state index is -0.243. The number of hydrogen-bond donors (Lipinski definition) is 0. The predicted octanol–water partition coefficient (Wildman–Crippen LogP) is 3.19. The summed E-state index contributed by atoms with van der Waals surface area (Å²) in [4.78, 5) is 10.9. The Morgan fingerprint density at radius 3 is 2.50 bits per heavy atom. The van der Waals surface area contributed by atoms with Crippen LogP contribution in [0.25, 0.3) is 0 Å². The van der Waals surface area contributed by atoms with Crippen LogP contribution in [-0.2, 0) is 4.79 Å². The number of carbonyl (C=O) groups is 1. The Bertz CT molecular complexity index is 170. The molecule has 1 saturated carbocycles. The molecule has 12 heavy (non-hydrogen) atoms. The van der Waals surface area contributed by atoms with Gasteiger partial charge >= 0.3 is 0 Å². The van der Waals surface area contributed by atoms with Gasteiger partial charge in [0.2, 0.25) is 5.24 Å². The molecule has 3 heteroatoms. The first-order chi connectivity index (χ1) is 5.63. The van der Waals surface area contributed by atoms with Crippen molar-refractivity contribution in [2.24, 2.45) is 11.8 Å². The van der Waals surface area contributed by atoms with Gasteiger partial charge in [0.15, 0.2) is 0 Å². The standard InChI is InChI=1S/C9H14Cl2O/c1-6(9(11)12)7-4-2-3-5-8(7)10/h6-8H,2-5H2,1H3. The maximum absolute atomic E-state index is 10.9. The highest BCUT2D eigenvalue weighted by Gasteiger charge is 2.30. The normalized spacial score (nSPS) is 32.9. The van der Waals surface area contributed by atoms with Crippen LogP contribution in [0.4, 0.5) is 0 Å². The van der Waals surface area contributed by atoms with E-state index in [4.69, 9.17) is 23.2 Å². The number of rotatable bonds is 2. The van der Waals surface area contributed by atoms with Gasteiger partial charge in [-0.05, 0) is 30.4 Å². The van der Waals surface area contributed by atoms with Crippen molar-refractivity contribution in [3.63, 3.8) is 0 Å². The van der Waals surface area contributed by atoms with Crippen molar-refractivity contribution in [3.05, 3.63) is 0 Å². The maximum Gasteiger partial charge on any atom is 0.224 e. The van der Waals surface area contributed by atoms with Gasteiger partial charge in [-0.1, -0.05) is 19.8 Å². The van der Waals surface area contributed by atoms with Crippen LogP contribution in [-0.4, -0.2) is 10.6 Å². The second-order valence-electron chi connectivity index (χ2n) is 3.56. The second-order valence-corrected chi connectivity index (χ2v) is 4.49. The van der Waals surface area contributed by atoms with E-state index >= 15 is 0 Å². The van der Waals surface area contributed by atoms with E-state index in [1.165, 1.54) is 12.8 Å². The molecule has 0 aromatic carbocycles. The van der Waals surface area contributed by atoms with Gasteiger partial charge in [0.05, 0.1) is 0 Å². The predicted molar refractivity (Wildman–Crippen MR) is 51.6 cm³/mol. The number of carbonyl (C=O) groups excluding carboxylic acids is 1. The molecule has 0 bridgehead atoms. The molecule has 0 radical (unpaired) electrons. The van der Waals surface area contributed by atoms with Crippen LogP contribution < -0.4 is 0 Å². The summed E-state index contributed by atoms with van der Waals surface area (Å²) in [6, 6.07) is 0. The molecule has 0 saturated heterocycles. The fourth-order valence-corrected chi connectivity index (χ4v) is 2.51. The average Bonchev–Trinajstić information content (AvgIpc) is 2.04. The van der Waals surface area contributed by atoms with Crippen molar-refractivity contribution in [2.45, 2.75) is 38.0 Å². The van der Waals surface area contributed by atoms with Gasteiger partial charge in [-0.3, -0.25) is 4.79 Å². The van der Waals surface area contributed by atoms with Gasteiger partial charge in [-0.2, -0.15) is 0 Å². The Labute approximate surface area is 83.4 Å². The van der Waals surface area contributed by atoms with Crippen molar-refractivity contribution in [1.29, 1.82) is 0 Å². The summed E-state index contributed by atoms with van der Waals surface area (Å²) in [7, 11) is 0. The number of halogens is 2. The smallest absolute Gasteiger partial charge is 0.224 e. The third-order valence-corrected chi connectivity index (χ3v) is 3.62. The van der Waals surface area contributed by atoms with E-state index in [1.807, 2.05) is 6.92 Å². The fourth-order valence-electron chi connectivity index (χ4n) is 1.85. The summed E-state index contributed by atoms with van der Waals surface area (Å²) in [5.41, 5.74) is 0. The summed E-state index contributed by atoms with van der Waals surface area (Å²) in [6.45, 7) is 1.88. The molecule has 0 aromatic heterocycles. The largest absolute Gasteiger partial charge is 0.281 e. The van der Waals surface area contributed by atoms with Gasteiger partial charge in [-0.25, -0.2) is 0 Å². The highest BCUT2D eigenvalue weighted by atomic mass is 35.5. The van der Waals surface area contributed by atoms with Crippen LogP contribution in [0.1, 0.15) is 32.6 Å². The highest BCUT2D eigenvalue weighted by molar-refractivity contribution is 6.64. The van der Waals surface area contributed by atoms with E-state index in [9.17, 15) is 4.79 Å². The lowest BCUT2D eigenvalue weighted by Gasteiger charge is -2.29. The second kappa shape index (κ2) is 4.48. The zero-order chi connectivity index (χ0) is 9.14. The Balaban J connectivity index is 2.53. The molecule has 1 aliphatic carbocycles. The van der Waals surface area contributed by atoms with E-state index in [-0.39, 0.29) is 16.5 Å². The van der Waals surface area contributed by atoms with Gasteiger partial charge < -0.3 is 0 Å². The molecule has 1 fully saturated rings. The van der Waals surface area contributed by atoms with Gasteiger partial charge in [-0.15, -0.1) is 11.6 Å². The van der Waals surface area contributed by atoms with Crippen molar-refractivity contribution in [3.8, 4) is 0 Å². The lowest BCUT2D eigenvalue weighted by molar-refractivity contribution is -0.116. The molecule has 3 atom stereocenters.